The van der Waals surface area contributed by atoms with Crippen molar-refractivity contribution in [1.29, 1.82) is 0 Å². The summed E-state index contributed by atoms with van der Waals surface area (Å²) < 4.78 is 5.74. The second kappa shape index (κ2) is 6.51. The lowest BCUT2D eigenvalue weighted by molar-refractivity contribution is 0.0611. The van der Waals surface area contributed by atoms with E-state index in [2.05, 4.69) is 43.9 Å². The second-order valence-corrected chi connectivity index (χ2v) is 5.64. The Morgan fingerprint density at radius 1 is 1.42 bits per heavy atom. The molecular formula is C16H26N2O. The summed E-state index contributed by atoms with van der Waals surface area (Å²) >= 11 is 0. The molecule has 2 atom stereocenters. The van der Waals surface area contributed by atoms with Crippen molar-refractivity contribution in [3.63, 3.8) is 0 Å². The van der Waals surface area contributed by atoms with E-state index in [4.69, 9.17) is 10.5 Å². The second-order valence-electron chi connectivity index (χ2n) is 5.64. The Hall–Kier alpha value is -0.900. The standard InChI is InChI=1S/C16H26N2O/c1-12-5-6-13(2)15(9-12)16(10-17)18-7-4-8-19-14(3)11-18/h5-6,9,14,16H,4,7-8,10-11,17H2,1-3H3. The van der Waals surface area contributed by atoms with Gasteiger partial charge in [-0.1, -0.05) is 23.8 Å². The predicted octanol–water partition coefficient (Wildman–Crippen LogP) is 2.41. The molecule has 19 heavy (non-hydrogen) atoms. The van der Waals surface area contributed by atoms with Gasteiger partial charge in [0.05, 0.1) is 6.10 Å². The third kappa shape index (κ3) is 3.56. The van der Waals surface area contributed by atoms with E-state index in [-0.39, 0.29) is 0 Å². The van der Waals surface area contributed by atoms with Gasteiger partial charge in [0.1, 0.15) is 0 Å². The summed E-state index contributed by atoms with van der Waals surface area (Å²) in [7, 11) is 0. The van der Waals surface area contributed by atoms with Crippen molar-refractivity contribution < 1.29 is 4.74 Å². The summed E-state index contributed by atoms with van der Waals surface area (Å²) in [6.45, 7) is 10.0. The van der Waals surface area contributed by atoms with E-state index in [1.807, 2.05) is 0 Å². The van der Waals surface area contributed by atoms with E-state index in [0.29, 0.717) is 18.7 Å². The number of hydrogen-bond donors (Lipinski definition) is 1. The molecule has 1 aliphatic rings. The predicted molar refractivity (Wildman–Crippen MR) is 79.3 cm³/mol. The molecule has 0 bridgehead atoms. The molecule has 1 aromatic rings. The van der Waals surface area contributed by atoms with Crippen LogP contribution in [0.3, 0.4) is 0 Å². The molecule has 2 N–H and O–H groups in total. The van der Waals surface area contributed by atoms with Gasteiger partial charge in [0, 0.05) is 32.3 Å². The van der Waals surface area contributed by atoms with Gasteiger partial charge in [0.25, 0.3) is 0 Å². The van der Waals surface area contributed by atoms with Crippen molar-refractivity contribution in [2.45, 2.75) is 39.3 Å². The van der Waals surface area contributed by atoms with Gasteiger partial charge >= 0.3 is 0 Å². The zero-order valence-electron chi connectivity index (χ0n) is 12.4. The molecular weight excluding hydrogens is 236 g/mol. The summed E-state index contributed by atoms with van der Waals surface area (Å²) in [5.41, 5.74) is 10.1. The summed E-state index contributed by atoms with van der Waals surface area (Å²) in [5, 5.41) is 0. The molecule has 1 heterocycles. The van der Waals surface area contributed by atoms with Crippen LogP contribution in [0, 0.1) is 13.8 Å². The average molecular weight is 262 g/mol. The largest absolute Gasteiger partial charge is 0.377 e. The Morgan fingerprint density at radius 3 is 2.95 bits per heavy atom. The minimum Gasteiger partial charge on any atom is -0.377 e. The Kier molecular flexibility index (Phi) is 4.97. The van der Waals surface area contributed by atoms with Gasteiger partial charge in [-0.05, 0) is 38.3 Å². The van der Waals surface area contributed by atoms with Crippen molar-refractivity contribution in [2.75, 3.05) is 26.2 Å². The maximum Gasteiger partial charge on any atom is 0.0674 e. The average Bonchev–Trinajstić information content (AvgIpc) is 2.59. The van der Waals surface area contributed by atoms with Crippen LogP contribution in [0.15, 0.2) is 18.2 Å². The lowest BCUT2D eigenvalue weighted by Crippen LogP contribution is -2.38. The third-order valence-corrected chi connectivity index (χ3v) is 3.94. The molecule has 1 fully saturated rings. The topological polar surface area (TPSA) is 38.5 Å². The molecule has 0 amide bonds. The van der Waals surface area contributed by atoms with Crippen LogP contribution >= 0.6 is 0 Å². The Morgan fingerprint density at radius 2 is 2.21 bits per heavy atom. The highest BCUT2D eigenvalue weighted by Crippen LogP contribution is 2.25. The molecule has 1 aromatic carbocycles. The van der Waals surface area contributed by atoms with Gasteiger partial charge in [-0.15, -0.1) is 0 Å². The highest BCUT2D eigenvalue weighted by Gasteiger charge is 2.24. The van der Waals surface area contributed by atoms with E-state index in [1.54, 1.807) is 0 Å². The number of rotatable bonds is 3. The van der Waals surface area contributed by atoms with Crippen LogP contribution in [-0.2, 0) is 4.74 Å². The molecule has 3 nitrogen and oxygen atoms in total. The van der Waals surface area contributed by atoms with Crippen molar-refractivity contribution in [2.24, 2.45) is 5.73 Å². The fraction of sp³-hybridized carbons (Fsp3) is 0.625. The van der Waals surface area contributed by atoms with Crippen LogP contribution in [0.4, 0.5) is 0 Å². The lowest BCUT2D eigenvalue weighted by Gasteiger charge is -2.32. The molecule has 1 aliphatic heterocycles. The molecule has 2 unspecified atom stereocenters. The van der Waals surface area contributed by atoms with Crippen LogP contribution in [-0.4, -0.2) is 37.2 Å². The molecule has 1 saturated heterocycles. The first-order valence-corrected chi connectivity index (χ1v) is 7.24. The normalized spacial score (nSPS) is 23.1. The fourth-order valence-corrected chi connectivity index (χ4v) is 2.90. The van der Waals surface area contributed by atoms with Crippen LogP contribution < -0.4 is 5.73 Å². The minimum absolute atomic E-state index is 0.293. The van der Waals surface area contributed by atoms with Crippen LogP contribution in [0.5, 0.6) is 0 Å². The van der Waals surface area contributed by atoms with E-state index in [9.17, 15) is 0 Å². The van der Waals surface area contributed by atoms with Crippen LogP contribution in [0.25, 0.3) is 0 Å². The first-order valence-electron chi connectivity index (χ1n) is 7.24. The number of hydrogen-bond acceptors (Lipinski definition) is 3. The minimum atomic E-state index is 0.293. The zero-order chi connectivity index (χ0) is 13.8. The highest BCUT2D eigenvalue weighted by molar-refractivity contribution is 5.33. The van der Waals surface area contributed by atoms with Gasteiger partial charge in [0.2, 0.25) is 0 Å². The first kappa shape index (κ1) is 14.5. The van der Waals surface area contributed by atoms with Gasteiger partial charge in [-0.3, -0.25) is 4.90 Å². The van der Waals surface area contributed by atoms with Gasteiger partial charge in [0.15, 0.2) is 0 Å². The summed E-state index contributed by atoms with van der Waals surface area (Å²) in [6.07, 6.45) is 1.38. The molecule has 0 saturated carbocycles. The number of benzene rings is 1. The van der Waals surface area contributed by atoms with Crippen molar-refractivity contribution >= 4 is 0 Å². The first-order chi connectivity index (χ1) is 9.11. The fourth-order valence-electron chi connectivity index (χ4n) is 2.90. The van der Waals surface area contributed by atoms with E-state index >= 15 is 0 Å². The Labute approximate surface area is 116 Å². The third-order valence-electron chi connectivity index (χ3n) is 3.94. The van der Waals surface area contributed by atoms with Crippen LogP contribution in [0.2, 0.25) is 0 Å². The summed E-state index contributed by atoms with van der Waals surface area (Å²) in [5.74, 6) is 0. The van der Waals surface area contributed by atoms with Crippen molar-refractivity contribution in [3.8, 4) is 0 Å². The van der Waals surface area contributed by atoms with E-state index in [0.717, 1.165) is 26.1 Å². The number of nitrogens with zero attached hydrogens (tertiary/aromatic N) is 1. The van der Waals surface area contributed by atoms with Crippen LogP contribution in [0.1, 0.15) is 36.1 Å². The molecule has 2 rings (SSSR count). The molecule has 106 valence electrons. The maximum atomic E-state index is 6.07. The van der Waals surface area contributed by atoms with Gasteiger partial charge in [-0.2, -0.15) is 0 Å². The molecule has 0 aromatic heterocycles. The molecule has 0 spiro atoms. The number of aryl methyl sites for hydroxylation is 2. The maximum absolute atomic E-state index is 6.07. The monoisotopic (exact) mass is 262 g/mol. The van der Waals surface area contributed by atoms with Gasteiger partial charge < -0.3 is 10.5 Å². The SMILES string of the molecule is Cc1ccc(C)c(C(CN)N2CCCOC(C)C2)c1. The highest BCUT2D eigenvalue weighted by atomic mass is 16.5. The Bertz CT molecular complexity index is 419. The van der Waals surface area contributed by atoms with Gasteiger partial charge in [-0.25, -0.2) is 0 Å². The molecule has 3 heteroatoms. The smallest absolute Gasteiger partial charge is 0.0674 e. The summed E-state index contributed by atoms with van der Waals surface area (Å²) in [6, 6.07) is 6.96. The quantitative estimate of drug-likeness (QED) is 0.909. The molecule has 0 aliphatic carbocycles. The number of ether oxygens (including phenoxy) is 1. The Balaban J connectivity index is 2.25. The van der Waals surface area contributed by atoms with Crippen molar-refractivity contribution in [1.82, 2.24) is 4.90 Å². The summed E-state index contributed by atoms with van der Waals surface area (Å²) in [4.78, 5) is 2.49. The number of nitrogens with two attached hydrogens (primary N) is 1. The molecule has 0 radical (unpaired) electrons. The van der Waals surface area contributed by atoms with E-state index < -0.39 is 0 Å². The van der Waals surface area contributed by atoms with E-state index in [1.165, 1.54) is 16.7 Å². The lowest BCUT2D eigenvalue weighted by atomic mass is 9.97. The zero-order valence-corrected chi connectivity index (χ0v) is 12.4. The van der Waals surface area contributed by atoms with Crippen molar-refractivity contribution in [3.05, 3.63) is 34.9 Å².